The van der Waals surface area contributed by atoms with Crippen LogP contribution in [0, 0.1) is 5.92 Å². The summed E-state index contributed by atoms with van der Waals surface area (Å²) in [6.07, 6.45) is 16.4. The molecule has 8 nitrogen and oxygen atoms in total. The van der Waals surface area contributed by atoms with Gasteiger partial charge in [-0.1, -0.05) is 149 Å². The fourth-order valence-electron chi connectivity index (χ4n) is 8.93. The number of allylic oxidation sites excluding steroid dienone is 6. The Labute approximate surface area is 375 Å². The van der Waals surface area contributed by atoms with E-state index in [1.165, 1.54) is 40.0 Å². The van der Waals surface area contributed by atoms with Crippen LogP contribution in [0.1, 0.15) is 89.5 Å². The Hall–Kier alpha value is -6.28. The largest absolute Gasteiger partial charge is 0.351 e. The molecule has 0 fully saturated rings. The maximum Gasteiger partial charge on any atom is 0.246 e. The summed E-state index contributed by atoms with van der Waals surface area (Å²) in [4.78, 5) is 44.3. The van der Waals surface area contributed by atoms with Crippen molar-refractivity contribution < 1.29 is 19.0 Å². The van der Waals surface area contributed by atoms with Crippen molar-refractivity contribution in [2.45, 2.75) is 97.2 Å². The number of benzene rings is 4. The van der Waals surface area contributed by atoms with Crippen LogP contribution < -0.4 is 15.5 Å². The zero-order chi connectivity index (χ0) is 45.0. The van der Waals surface area contributed by atoms with Crippen molar-refractivity contribution in [3.63, 3.8) is 0 Å². The van der Waals surface area contributed by atoms with Crippen LogP contribution in [-0.4, -0.2) is 59.1 Å². The van der Waals surface area contributed by atoms with E-state index < -0.39 is 6.04 Å². The lowest BCUT2D eigenvalue weighted by atomic mass is 9.81. The predicted molar refractivity (Wildman–Crippen MR) is 258 cm³/mol. The second-order valence-corrected chi connectivity index (χ2v) is 18.2. The Kier molecular flexibility index (Phi) is 15.6. The molecule has 0 bridgehead atoms. The molecule has 0 aliphatic carbocycles. The van der Waals surface area contributed by atoms with E-state index in [1.54, 1.807) is 11.0 Å². The Bertz CT molecular complexity index is 2330. The zero-order valence-corrected chi connectivity index (χ0v) is 38.3. The maximum absolute atomic E-state index is 13.4. The SMILES string of the molecule is CC(C)CC(NC(=O)CCCCN1C(=CC=CC=CC2=[N+](C)c3ccccc3C2(C)C)C(C)(C)c2ccccc21)C(=O)NCC=CC(=O)N(Cc1ccccc1)Cc1ccccc1. The van der Waals surface area contributed by atoms with Crippen molar-refractivity contribution in [3.8, 4) is 0 Å². The number of hydrogen-bond acceptors (Lipinski definition) is 4. The van der Waals surface area contributed by atoms with Crippen LogP contribution in [0.5, 0.6) is 0 Å². The summed E-state index contributed by atoms with van der Waals surface area (Å²) >= 11 is 0. The van der Waals surface area contributed by atoms with Crippen LogP contribution in [-0.2, 0) is 38.3 Å². The summed E-state index contributed by atoms with van der Waals surface area (Å²) < 4.78 is 2.29. The number of carbonyl (C=O) groups excluding carboxylic acids is 3. The summed E-state index contributed by atoms with van der Waals surface area (Å²) in [5.41, 5.74) is 9.39. The van der Waals surface area contributed by atoms with E-state index in [0.717, 1.165) is 24.1 Å². The summed E-state index contributed by atoms with van der Waals surface area (Å²) in [5, 5.41) is 5.94. The number of nitrogens with one attached hydrogen (secondary N) is 2. The number of rotatable bonds is 19. The smallest absolute Gasteiger partial charge is 0.246 e. The number of hydrogen-bond donors (Lipinski definition) is 2. The second kappa shape index (κ2) is 21.2. The van der Waals surface area contributed by atoms with Gasteiger partial charge in [-0.3, -0.25) is 14.4 Å². The van der Waals surface area contributed by atoms with Crippen molar-refractivity contribution in [2.75, 3.05) is 25.0 Å². The molecule has 0 saturated heterocycles. The van der Waals surface area contributed by atoms with Crippen molar-refractivity contribution in [2.24, 2.45) is 5.92 Å². The molecule has 2 heterocycles. The molecule has 1 atom stereocenters. The van der Waals surface area contributed by atoms with Crippen LogP contribution in [0.4, 0.5) is 11.4 Å². The third kappa shape index (κ3) is 11.6. The van der Waals surface area contributed by atoms with E-state index in [4.69, 9.17) is 0 Å². The van der Waals surface area contributed by atoms with Gasteiger partial charge >= 0.3 is 0 Å². The van der Waals surface area contributed by atoms with E-state index in [-0.39, 0.29) is 41.0 Å². The normalized spacial score (nSPS) is 16.3. The lowest BCUT2D eigenvalue weighted by molar-refractivity contribution is -0.401. The Morgan fingerprint density at radius 2 is 1.37 bits per heavy atom. The molecule has 0 saturated carbocycles. The highest BCUT2D eigenvalue weighted by Gasteiger charge is 2.42. The molecule has 63 heavy (non-hydrogen) atoms. The molecular weight excluding hydrogens is 779 g/mol. The van der Waals surface area contributed by atoms with Gasteiger partial charge in [-0.05, 0) is 67.9 Å². The molecule has 2 N–H and O–H groups in total. The number of fused-ring (bicyclic) bond motifs is 2. The topological polar surface area (TPSA) is 84.8 Å². The number of para-hydroxylation sites is 2. The van der Waals surface area contributed by atoms with Crippen LogP contribution in [0.15, 0.2) is 157 Å². The van der Waals surface area contributed by atoms with Gasteiger partial charge in [-0.25, -0.2) is 0 Å². The maximum atomic E-state index is 13.4. The Morgan fingerprint density at radius 3 is 2.02 bits per heavy atom. The third-order valence-corrected chi connectivity index (χ3v) is 12.3. The molecule has 6 rings (SSSR count). The average Bonchev–Trinajstić information content (AvgIpc) is 3.60. The van der Waals surface area contributed by atoms with Gasteiger partial charge in [0.1, 0.15) is 13.1 Å². The highest BCUT2D eigenvalue weighted by Crippen LogP contribution is 2.47. The van der Waals surface area contributed by atoms with E-state index in [1.807, 2.05) is 74.5 Å². The lowest BCUT2D eigenvalue weighted by Gasteiger charge is -2.27. The molecule has 1 unspecified atom stereocenters. The number of anilines is 1. The number of unbranched alkanes of at least 4 members (excludes halogenated alkanes) is 1. The van der Waals surface area contributed by atoms with Crippen molar-refractivity contribution in [1.82, 2.24) is 15.5 Å². The van der Waals surface area contributed by atoms with Gasteiger partial charge in [-0.2, -0.15) is 4.58 Å². The first-order valence-corrected chi connectivity index (χ1v) is 22.5. The van der Waals surface area contributed by atoms with Crippen LogP contribution >= 0.6 is 0 Å². The highest BCUT2D eigenvalue weighted by molar-refractivity contribution is 6.03. The first-order chi connectivity index (χ1) is 30.3. The van der Waals surface area contributed by atoms with Gasteiger partial charge in [0.2, 0.25) is 23.4 Å². The molecule has 8 heteroatoms. The molecule has 0 radical (unpaired) electrons. The third-order valence-electron chi connectivity index (χ3n) is 12.3. The molecule has 2 aliphatic rings. The van der Waals surface area contributed by atoms with Crippen LogP contribution in [0.25, 0.3) is 0 Å². The quantitative estimate of drug-likeness (QED) is 0.0426. The number of nitrogens with zero attached hydrogens (tertiary/aromatic N) is 3. The molecule has 3 amide bonds. The fraction of sp³-hybridized carbons (Fsp3) is 0.345. The van der Waals surface area contributed by atoms with Gasteiger partial charge in [-0.15, -0.1) is 0 Å². The van der Waals surface area contributed by atoms with Crippen molar-refractivity contribution >= 4 is 34.8 Å². The Balaban J connectivity index is 1.02. The first kappa shape index (κ1) is 46.2. The highest BCUT2D eigenvalue weighted by atomic mass is 16.2. The minimum Gasteiger partial charge on any atom is -0.351 e. The minimum absolute atomic E-state index is 0.0749. The van der Waals surface area contributed by atoms with E-state index in [2.05, 4.69) is 134 Å². The zero-order valence-electron chi connectivity index (χ0n) is 38.3. The monoisotopic (exact) mass is 845 g/mol. The molecule has 0 aromatic heterocycles. The standard InChI is InChI=1S/C55H65N5O3/c1-41(2)38-46(53(63)56-36-23-35-52(62)59(39-42-24-11-8-12-25-42)40-43-26-13-9-14-27-43)57-51(61)34-21-22-37-60-48-31-20-18-29-45(48)55(5,6)50(60)33-16-10-15-32-49-54(3,4)44-28-17-19-30-47(44)58(49)7/h8-20,23-33,35,41,46H,21-22,34,36-40H2,1-7H3,(H-,56,57,61,63)/p+1. The minimum atomic E-state index is -0.662. The van der Waals surface area contributed by atoms with Crippen molar-refractivity contribution in [3.05, 3.63) is 180 Å². The summed E-state index contributed by atoms with van der Waals surface area (Å²) in [7, 11) is 2.14. The molecule has 0 spiro atoms. The van der Waals surface area contributed by atoms with Crippen LogP contribution in [0.3, 0.4) is 0 Å². The van der Waals surface area contributed by atoms with Gasteiger partial charge < -0.3 is 20.4 Å². The fourth-order valence-corrected chi connectivity index (χ4v) is 8.93. The predicted octanol–water partition coefficient (Wildman–Crippen LogP) is 10.1. The van der Waals surface area contributed by atoms with Gasteiger partial charge in [0.25, 0.3) is 0 Å². The molecule has 4 aromatic rings. The molecular formula is C55H66N5O3+. The molecule has 4 aromatic carbocycles. The van der Waals surface area contributed by atoms with Gasteiger partial charge in [0.05, 0.1) is 5.41 Å². The number of amides is 3. The second-order valence-electron chi connectivity index (χ2n) is 18.2. The summed E-state index contributed by atoms with van der Waals surface area (Å²) in [6, 6.07) is 36.4. The van der Waals surface area contributed by atoms with Gasteiger partial charge in [0, 0.05) is 73.2 Å². The van der Waals surface area contributed by atoms with Crippen LogP contribution in [0.2, 0.25) is 0 Å². The average molecular weight is 845 g/mol. The summed E-state index contributed by atoms with van der Waals surface area (Å²) in [5.74, 6) is -0.332. The number of carbonyl (C=O) groups is 3. The summed E-state index contributed by atoms with van der Waals surface area (Å²) in [6.45, 7) is 15.1. The van der Waals surface area contributed by atoms with Crippen molar-refractivity contribution in [1.29, 1.82) is 0 Å². The first-order valence-electron chi connectivity index (χ1n) is 22.5. The Morgan fingerprint density at radius 1 is 0.746 bits per heavy atom. The van der Waals surface area contributed by atoms with E-state index in [0.29, 0.717) is 32.4 Å². The lowest BCUT2D eigenvalue weighted by Crippen LogP contribution is -2.47. The van der Waals surface area contributed by atoms with Gasteiger partial charge in [0.15, 0.2) is 5.71 Å². The molecule has 328 valence electrons. The van der Waals surface area contributed by atoms with E-state index in [9.17, 15) is 14.4 Å². The molecule has 2 aliphatic heterocycles. The van der Waals surface area contributed by atoms with E-state index >= 15 is 0 Å².